The van der Waals surface area contributed by atoms with Crippen LogP contribution in [-0.4, -0.2) is 12.2 Å². The second kappa shape index (κ2) is 3.28. The van der Waals surface area contributed by atoms with E-state index < -0.39 is 0 Å². The summed E-state index contributed by atoms with van der Waals surface area (Å²) in [5.74, 6) is 0.926. The van der Waals surface area contributed by atoms with Crippen LogP contribution in [0.15, 0.2) is 24.3 Å². The summed E-state index contributed by atoms with van der Waals surface area (Å²) in [5, 5.41) is 0. The first kappa shape index (κ1) is 9.53. The van der Waals surface area contributed by atoms with Gasteiger partial charge >= 0.3 is 0 Å². The van der Waals surface area contributed by atoms with Crippen LogP contribution in [0.1, 0.15) is 32.4 Å². The molecule has 0 radical (unpaired) electrons. The van der Waals surface area contributed by atoms with Crippen molar-refractivity contribution in [1.82, 2.24) is 0 Å². The van der Waals surface area contributed by atoms with Crippen LogP contribution in [-0.2, 0) is 4.74 Å². The Morgan fingerprint density at radius 1 is 1.29 bits per heavy atom. The molecule has 1 atom stereocenters. The fourth-order valence-electron chi connectivity index (χ4n) is 1.64. The number of ether oxygens (including phenoxy) is 2. The quantitative estimate of drug-likeness (QED) is 0.687. The number of rotatable bonds is 3. The number of epoxide rings is 1. The monoisotopic (exact) mass is 192 g/mol. The molecule has 0 bridgehead atoms. The van der Waals surface area contributed by atoms with Crippen LogP contribution in [0.25, 0.3) is 0 Å². The van der Waals surface area contributed by atoms with E-state index in [1.54, 1.807) is 0 Å². The smallest absolute Gasteiger partial charge is 0.119 e. The minimum atomic E-state index is 0.0210. The van der Waals surface area contributed by atoms with Gasteiger partial charge in [-0.05, 0) is 38.5 Å². The summed E-state index contributed by atoms with van der Waals surface area (Å²) in [6, 6.07) is 8.14. The van der Waals surface area contributed by atoms with Crippen molar-refractivity contribution in [1.29, 1.82) is 0 Å². The Morgan fingerprint density at radius 3 is 2.29 bits per heavy atom. The van der Waals surface area contributed by atoms with E-state index in [2.05, 4.69) is 26.0 Å². The average molecular weight is 192 g/mol. The fraction of sp³-hybridized carbons (Fsp3) is 0.500. The van der Waals surface area contributed by atoms with E-state index in [9.17, 15) is 0 Å². The lowest BCUT2D eigenvalue weighted by Crippen LogP contribution is -1.97. The maximum absolute atomic E-state index is 5.55. The largest absolute Gasteiger partial charge is 0.494 e. The van der Waals surface area contributed by atoms with Gasteiger partial charge in [0.2, 0.25) is 0 Å². The van der Waals surface area contributed by atoms with Gasteiger partial charge in [-0.15, -0.1) is 0 Å². The van der Waals surface area contributed by atoms with Gasteiger partial charge in [0, 0.05) is 0 Å². The highest BCUT2D eigenvalue weighted by molar-refractivity contribution is 5.31. The van der Waals surface area contributed by atoms with E-state index in [4.69, 9.17) is 9.47 Å². The molecule has 1 aromatic carbocycles. The Kier molecular flexibility index (Phi) is 2.23. The Morgan fingerprint density at radius 2 is 1.86 bits per heavy atom. The Balaban J connectivity index is 2.08. The van der Waals surface area contributed by atoms with Gasteiger partial charge in [-0.1, -0.05) is 12.1 Å². The van der Waals surface area contributed by atoms with Gasteiger partial charge in [0.05, 0.1) is 12.2 Å². The van der Waals surface area contributed by atoms with Crippen molar-refractivity contribution in [2.75, 3.05) is 6.61 Å². The summed E-state index contributed by atoms with van der Waals surface area (Å²) < 4.78 is 10.9. The minimum absolute atomic E-state index is 0.0210. The Labute approximate surface area is 84.8 Å². The highest BCUT2D eigenvalue weighted by Crippen LogP contribution is 2.48. The maximum atomic E-state index is 5.55. The molecule has 1 unspecified atom stereocenters. The first-order chi connectivity index (χ1) is 6.63. The number of hydrogen-bond donors (Lipinski definition) is 0. The van der Waals surface area contributed by atoms with Gasteiger partial charge in [-0.2, -0.15) is 0 Å². The van der Waals surface area contributed by atoms with Crippen LogP contribution in [0, 0.1) is 0 Å². The molecule has 0 aliphatic carbocycles. The first-order valence-electron chi connectivity index (χ1n) is 5.04. The third-order valence-electron chi connectivity index (χ3n) is 2.49. The second-order valence-electron chi connectivity index (χ2n) is 4.10. The average Bonchev–Trinajstić information content (AvgIpc) is 2.77. The summed E-state index contributed by atoms with van der Waals surface area (Å²) >= 11 is 0. The van der Waals surface area contributed by atoms with E-state index in [1.165, 1.54) is 5.56 Å². The van der Waals surface area contributed by atoms with E-state index in [0.717, 1.165) is 5.75 Å². The van der Waals surface area contributed by atoms with Crippen molar-refractivity contribution in [3.63, 3.8) is 0 Å². The molecule has 1 aliphatic rings. The highest BCUT2D eigenvalue weighted by atomic mass is 16.6. The van der Waals surface area contributed by atoms with Gasteiger partial charge < -0.3 is 9.47 Å². The highest BCUT2D eigenvalue weighted by Gasteiger charge is 2.48. The lowest BCUT2D eigenvalue weighted by molar-refractivity contribution is 0.325. The predicted molar refractivity (Wildman–Crippen MR) is 55.5 cm³/mol. The van der Waals surface area contributed by atoms with Crippen LogP contribution < -0.4 is 4.74 Å². The van der Waals surface area contributed by atoms with Gasteiger partial charge in [0.25, 0.3) is 0 Å². The van der Waals surface area contributed by atoms with Crippen molar-refractivity contribution in [3.05, 3.63) is 29.8 Å². The van der Waals surface area contributed by atoms with Crippen LogP contribution >= 0.6 is 0 Å². The SMILES string of the molecule is CCOc1ccc(C2OC2(C)C)cc1. The molecule has 0 aromatic heterocycles. The molecule has 0 saturated carbocycles. The molecule has 2 heteroatoms. The van der Waals surface area contributed by atoms with Gasteiger partial charge in [-0.3, -0.25) is 0 Å². The summed E-state index contributed by atoms with van der Waals surface area (Å²) in [6.07, 6.45) is 0.262. The minimum Gasteiger partial charge on any atom is -0.494 e. The molecule has 0 N–H and O–H groups in total. The summed E-state index contributed by atoms with van der Waals surface area (Å²) in [7, 11) is 0. The summed E-state index contributed by atoms with van der Waals surface area (Å²) in [6.45, 7) is 6.91. The first-order valence-corrected chi connectivity index (χ1v) is 5.04. The zero-order valence-corrected chi connectivity index (χ0v) is 8.91. The van der Waals surface area contributed by atoms with E-state index in [1.807, 2.05) is 19.1 Å². The molecule has 14 heavy (non-hydrogen) atoms. The molecule has 1 aromatic rings. The van der Waals surface area contributed by atoms with Crippen molar-refractivity contribution in [2.24, 2.45) is 0 Å². The van der Waals surface area contributed by atoms with Gasteiger partial charge in [0.1, 0.15) is 11.9 Å². The zero-order chi connectivity index (χ0) is 10.2. The molecule has 2 rings (SSSR count). The Hall–Kier alpha value is -1.02. The fourth-order valence-corrected chi connectivity index (χ4v) is 1.64. The zero-order valence-electron chi connectivity index (χ0n) is 8.91. The van der Waals surface area contributed by atoms with Crippen molar-refractivity contribution >= 4 is 0 Å². The standard InChI is InChI=1S/C12H16O2/c1-4-13-10-7-5-9(6-8-10)11-12(2,3)14-11/h5-8,11H,4H2,1-3H3. The number of benzene rings is 1. The molecule has 1 saturated heterocycles. The Bertz CT molecular complexity index is 314. The van der Waals surface area contributed by atoms with Gasteiger partial charge in [0.15, 0.2) is 0 Å². The van der Waals surface area contributed by atoms with Crippen molar-refractivity contribution < 1.29 is 9.47 Å². The second-order valence-corrected chi connectivity index (χ2v) is 4.10. The third-order valence-corrected chi connectivity index (χ3v) is 2.49. The van der Waals surface area contributed by atoms with E-state index in [0.29, 0.717) is 6.61 Å². The van der Waals surface area contributed by atoms with Crippen molar-refractivity contribution in [3.8, 4) is 5.75 Å². The number of hydrogen-bond acceptors (Lipinski definition) is 2. The lowest BCUT2D eigenvalue weighted by atomic mass is 10.0. The topological polar surface area (TPSA) is 21.8 Å². The molecule has 1 aliphatic heterocycles. The van der Waals surface area contributed by atoms with Crippen LogP contribution in [0.5, 0.6) is 5.75 Å². The van der Waals surface area contributed by atoms with Crippen LogP contribution in [0.4, 0.5) is 0 Å². The summed E-state index contributed by atoms with van der Waals surface area (Å²) in [4.78, 5) is 0. The molecule has 2 nitrogen and oxygen atoms in total. The van der Waals surface area contributed by atoms with Gasteiger partial charge in [-0.25, -0.2) is 0 Å². The summed E-state index contributed by atoms with van der Waals surface area (Å²) in [5.41, 5.74) is 1.26. The van der Waals surface area contributed by atoms with E-state index >= 15 is 0 Å². The van der Waals surface area contributed by atoms with Crippen LogP contribution in [0.2, 0.25) is 0 Å². The molecular weight excluding hydrogens is 176 g/mol. The third kappa shape index (κ3) is 1.75. The molecule has 0 spiro atoms. The molecule has 0 amide bonds. The lowest BCUT2D eigenvalue weighted by Gasteiger charge is -2.03. The predicted octanol–water partition coefficient (Wildman–Crippen LogP) is 2.94. The molecule has 1 heterocycles. The van der Waals surface area contributed by atoms with Crippen molar-refractivity contribution in [2.45, 2.75) is 32.5 Å². The molecule has 76 valence electrons. The maximum Gasteiger partial charge on any atom is 0.119 e. The van der Waals surface area contributed by atoms with E-state index in [-0.39, 0.29) is 11.7 Å². The van der Waals surface area contributed by atoms with Crippen LogP contribution in [0.3, 0.4) is 0 Å². The normalized spacial score (nSPS) is 23.2. The molecular formula is C12H16O2. The molecule has 1 fully saturated rings.